The van der Waals surface area contributed by atoms with Gasteiger partial charge in [-0.1, -0.05) is 12.6 Å². The second kappa shape index (κ2) is 11.9. The molecule has 6 rings (SSSR count). The van der Waals surface area contributed by atoms with Gasteiger partial charge in [0, 0.05) is 50.0 Å². The number of halogens is 2. The number of H-pyrrole nitrogens is 1. The van der Waals surface area contributed by atoms with Gasteiger partial charge in [-0.05, 0) is 57.3 Å². The van der Waals surface area contributed by atoms with Gasteiger partial charge in [-0.2, -0.15) is 5.26 Å². The molecule has 3 aromatic rings. The maximum absolute atomic E-state index is 15.4. The molecule has 0 aliphatic carbocycles. The third kappa shape index (κ3) is 5.26. The number of anilines is 2. The highest BCUT2D eigenvalue weighted by atomic mass is 19.1. The first-order valence-electron chi connectivity index (χ1n) is 14.9. The summed E-state index contributed by atoms with van der Waals surface area (Å²) in [6, 6.07) is 6.88. The first kappa shape index (κ1) is 29.6. The monoisotopic (exact) mass is 603 g/mol. The number of nitrogens with zero attached hydrogens (tertiary/aromatic N) is 6. The molecule has 3 aliphatic rings. The second-order valence-corrected chi connectivity index (χ2v) is 11.8. The fourth-order valence-corrected chi connectivity index (χ4v) is 6.81. The van der Waals surface area contributed by atoms with Crippen LogP contribution < -0.4 is 20.1 Å². The SMILES string of the molecule is C=C(F)C(=O)N1CCN(c2c(C#N)c(OCC3CCCN3C)nc3c2CCN(c2c(F)ccc4cc[nH]c(=O)c24)C3)CC1C. The van der Waals surface area contributed by atoms with Crippen LogP contribution in [0.25, 0.3) is 10.8 Å². The Balaban J connectivity index is 1.41. The van der Waals surface area contributed by atoms with E-state index in [1.54, 1.807) is 12.1 Å². The van der Waals surface area contributed by atoms with Crippen molar-refractivity contribution in [3.05, 3.63) is 69.8 Å². The minimum atomic E-state index is -1.00. The molecule has 5 heterocycles. The van der Waals surface area contributed by atoms with Crippen LogP contribution >= 0.6 is 0 Å². The molecular formula is C32H35F2N7O3. The summed E-state index contributed by atoms with van der Waals surface area (Å²) in [6.07, 6.45) is 4.02. The quantitative estimate of drug-likeness (QED) is 0.427. The lowest BCUT2D eigenvalue weighted by atomic mass is 9.96. The number of likely N-dealkylation sites (N-methyl/N-ethyl adjacent to an activating group) is 1. The Hall–Kier alpha value is -4.50. The molecule has 0 bridgehead atoms. The molecular weight excluding hydrogens is 568 g/mol. The molecule has 2 unspecified atom stereocenters. The summed E-state index contributed by atoms with van der Waals surface area (Å²) in [7, 11) is 2.05. The van der Waals surface area contributed by atoms with Crippen molar-refractivity contribution in [2.24, 2.45) is 0 Å². The molecule has 3 aliphatic heterocycles. The van der Waals surface area contributed by atoms with Gasteiger partial charge >= 0.3 is 0 Å². The molecule has 2 saturated heterocycles. The molecule has 1 amide bonds. The highest BCUT2D eigenvalue weighted by Gasteiger charge is 2.35. The molecule has 2 atom stereocenters. The molecule has 230 valence electrons. The van der Waals surface area contributed by atoms with E-state index in [1.165, 1.54) is 17.2 Å². The number of hydrogen-bond acceptors (Lipinski definition) is 8. The minimum Gasteiger partial charge on any atom is -0.475 e. The van der Waals surface area contributed by atoms with Crippen molar-refractivity contribution in [2.45, 2.75) is 44.8 Å². The third-order valence-electron chi connectivity index (χ3n) is 9.11. The zero-order chi connectivity index (χ0) is 31.1. The van der Waals surface area contributed by atoms with Crippen molar-refractivity contribution >= 4 is 28.1 Å². The van der Waals surface area contributed by atoms with Gasteiger partial charge in [-0.3, -0.25) is 9.59 Å². The number of nitriles is 1. The standard InChI is InChI=1S/C32H35F2N7O3/c1-19-16-40(13-14-41(19)32(43)20(2)33)28-23-9-12-39(29-25(34)7-6-21-8-10-36-30(42)27(21)29)17-26(23)37-31(24(28)15-35)44-18-22-5-4-11-38(22)3/h6-8,10,19,22H,2,4-5,9,11-14,16-18H2,1,3H3,(H,36,42). The van der Waals surface area contributed by atoms with Crippen molar-refractivity contribution in [3.63, 3.8) is 0 Å². The Labute approximate surface area is 254 Å². The van der Waals surface area contributed by atoms with Crippen LogP contribution in [-0.4, -0.2) is 84.1 Å². The van der Waals surface area contributed by atoms with Crippen LogP contribution in [0.1, 0.15) is 36.6 Å². The van der Waals surface area contributed by atoms with E-state index in [0.29, 0.717) is 55.0 Å². The first-order valence-corrected chi connectivity index (χ1v) is 14.9. The van der Waals surface area contributed by atoms with Crippen molar-refractivity contribution in [1.29, 1.82) is 5.26 Å². The molecule has 0 spiro atoms. The number of hydrogen-bond donors (Lipinski definition) is 1. The van der Waals surface area contributed by atoms with Gasteiger partial charge in [0.25, 0.3) is 11.5 Å². The fourth-order valence-electron chi connectivity index (χ4n) is 6.81. The number of nitrogens with one attached hydrogen (secondary N) is 1. The number of aromatic nitrogens is 2. The zero-order valence-electron chi connectivity index (χ0n) is 24.9. The average Bonchev–Trinajstić information content (AvgIpc) is 3.43. The summed E-state index contributed by atoms with van der Waals surface area (Å²) in [5.74, 6) is -2.03. The number of fused-ring (bicyclic) bond motifs is 2. The van der Waals surface area contributed by atoms with Crippen LogP contribution in [0.5, 0.6) is 5.88 Å². The number of carbonyl (C=O) groups excluding carboxylic acids is 1. The first-order chi connectivity index (χ1) is 21.2. The summed E-state index contributed by atoms with van der Waals surface area (Å²) in [6.45, 7) is 7.92. The lowest BCUT2D eigenvalue weighted by Crippen LogP contribution is -2.54. The third-order valence-corrected chi connectivity index (χ3v) is 9.11. The Morgan fingerprint density at radius 2 is 2.02 bits per heavy atom. The molecule has 44 heavy (non-hydrogen) atoms. The molecule has 1 aromatic carbocycles. The fraction of sp³-hybridized carbons (Fsp3) is 0.438. The number of aromatic amines is 1. The molecule has 0 saturated carbocycles. The number of likely N-dealkylation sites (tertiary alicyclic amines) is 1. The number of amides is 1. The predicted molar refractivity (Wildman–Crippen MR) is 163 cm³/mol. The zero-order valence-corrected chi connectivity index (χ0v) is 24.9. The van der Waals surface area contributed by atoms with Gasteiger partial charge in [0.05, 0.1) is 29.0 Å². The van der Waals surface area contributed by atoms with Crippen molar-refractivity contribution in [2.75, 3.05) is 56.2 Å². The highest BCUT2D eigenvalue weighted by Crippen LogP contribution is 2.39. The average molecular weight is 604 g/mol. The summed E-state index contributed by atoms with van der Waals surface area (Å²) in [5.41, 5.74) is 2.31. The maximum atomic E-state index is 15.4. The minimum absolute atomic E-state index is 0.194. The summed E-state index contributed by atoms with van der Waals surface area (Å²) >= 11 is 0. The number of carbonyl (C=O) groups is 1. The van der Waals surface area contributed by atoms with Crippen LogP contribution in [-0.2, 0) is 17.8 Å². The molecule has 0 radical (unpaired) electrons. The smallest absolute Gasteiger partial charge is 0.282 e. The van der Waals surface area contributed by atoms with Crippen LogP contribution in [0.2, 0.25) is 0 Å². The highest BCUT2D eigenvalue weighted by molar-refractivity contribution is 5.94. The Morgan fingerprint density at radius 3 is 2.73 bits per heavy atom. The van der Waals surface area contributed by atoms with Gasteiger partial charge in [-0.25, -0.2) is 13.8 Å². The van der Waals surface area contributed by atoms with E-state index in [0.717, 1.165) is 24.9 Å². The van der Waals surface area contributed by atoms with Gasteiger partial charge in [-0.15, -0.1) is 0 Å². The lowest BCUT2D eigenvalue weighted by molar-refractivity contribution is -0.131. The summed E-state index contributed by atoms with van der Waals surface area (Å²) < 4.78 is 35.4. The van der Waals surface area contributed by atoms with Crippen LogP contribution in [0.4, 0.5) is 20.2 Å². The molecule has 2 aromatic heterocycles. The van der Waals surface area contributed by atoms with Crippen molar-refractivity contribution in [1.82, 2.24) is 19.8 Å². The van der Waals surface area contributed by atoms with E-state index in [9.17, 15) is 19.2 Å². The van der Waals surface area contributed by atoms with Crippen LogP contribution in [0.3, 0.4) is 0 Å². The topological polar surface area (TPSA) is 109 Å². The van der Waals surface area contributed by atoms with Crippen LogP contribution in [0, 0.1) is 17.1 Å². The second-order valence-electron chi connectivity index (χ2n) is 11.8. The number of piperazine rings is 1. The Bertz CT molecular complexity index is 1740. The van der Waals surface area contributed by atoms with Gasteiger partial charge in [0.15, 0.2) is 5.83 Å². The van der Waals surface area contributed by atoms with Crippen molar-refractivity contribution < 1.29 is 18.3 Å². The number of rotatable bonds is 6. The predicted octanol–water partition coefficient (Wildman–Crippen LogP) is 3.49. The van der Waals surface area contributed by atoms with E-state index in [2.05, 4.69) is 22.5 Å². The number of benzene rings is 1. The molecule has 1 N–H and O–H groups in total. The van der Waals surface area contributed by atoms with Gasteiger partial charge in [0.1, 0.15) is 24.1 Å². The summed E-state index contributed by atoms with van der Waals surface area (Å²) in [4.78, 5) is 40.3. The maximum Gasteiger partial charge on any atom is 0.282 e. The Kier molecular flexibility index (Phi) is 7.98. The van der Waals surface area contributed by atoms with Crippen molar-refractivity contribution in [3.8, 4) is 11.9 Å². The van der Waals surface area contributed by atoms with Gasteiger partial charge in [0.2, 0.25) is 5.88 Å². The summed E-state index contributed by atoms with van der Waals surface area (Å²) in [5, 5.41) is 11.3. The molecule has 10 nitrogen and oxygen atoms in total. The van der Waals surface area contributed by atoms with E-state index in [-0.39, 0.29) is 47.7 Å². The normalized spacial score (nSPS) is 20.5. The Morgan fingerprint density at radius 1 is 1.20 bits per heavy atom. The van der Waals surface area contributed by atoms with Gasteiger partial charge < -0.3 is 29.3 Å². The van der Waals surface area contributed by atoms with E-state index in [1.807, 2.05) is 23.8 Å². The van der Waals surface area contributed by atoms with Crippen LogP contribution in [0.15, 0.2) is 41.6 Å². The number of pyridine rings is 2. The van der Waals surface area contributed by atoms with E-state index < -0.39 is 17.6 Å². The largest absolute Gasteiger partial charge is 0.475 e. The van der Waals surface area contributed by atoms with E-state index >= 15 is 4.39 Å². The van der Waals surface area contributed by atoms with E-state index in [4.69, 9.17) is 9.72 Å². The number of ether oxygens (including phenoxy) is 1. The lowest BCUT2D eigenvalue weighted by Gasteiger charge is -2.42. The molecule has 2 fully saturated rings. The molecule has 12 heteroatoms.